The fourth-order valence-electron chi connectivity index (χ4n) is 3.89. The highest BCUT2D eigenvalue weighted by atomic mass is 16.5. The minimum atomic E-state index is -0.602. The monoisotopic (exact) mass is 394 g/mol. The molecule has 0 radical (unpaired) electrons. The molecule has 0 spiro atoms. The van der Waals surface area contributed by atoms with Crippen LogP contribution in [0.15, 0.2) is 36.9 Å². The van der Waals surface area contributed by atoms with Crippen molar-refractivity contribution in [1.82, 2.24) is 29.2 Å². The molecule has 150 valence electrons. The molecule has 1 saturated carbocycles. The number of ether oxygens (including phenoxy) is 1. The van der Waals surface area contributed by atoms with E-state index in [0.29, 0.717) is 17.3 Å². The molecule has 4 aromatic heterocycles. The third-order valence-electron chi connectivity index (χ3n) is 5.58. The summed E-state index contributed by atoms with van der Waals surface area (Å²) < 4.78 is 17.2. The number of hydrogen-bond donors (Lipinski definition) is 2. The summed E-state index contributed by atoms with van der Waals surface area (Å²) in [5.74, 6) is 0.802. The van der Waals surface area contributed by atoms with Gasteiger partial charge in [-0.05, 0) is 50.8 Å². The van der Waals surface area contributed by atoms with E-state index in [1.807, 2.05) is 25.3 Å². The lowest BCUT2D eigenvalue weighted by Gasteiger charge is -2.33. The van der Waals surface area contributed by atoms with Gasteiger partial charge in [-0.15, -0.1) is 5.10 Å². The van der Waals surface area contributed by atoms with Gasteiger partial charge in [-0.2, -0.15) is 10.1 Å². The van der Waals surface area contributed by atoms with Gasteiger partial charge in [-0.3, -0.25) is 0 Å². The van der Waals surface area contributed by atoms with E-state index in [2.05, 4.69) is 25.5 Å². The molecule has 0 atom stereocenters. The SMILES string of the molecule is [2H]c1cc(-c2ccc3ncnn3c2)c2c(OC)nc(NC3CCC(C)(O)CC3)nn12. The molecule has 0 bridgehead atoms. The Labute approximate surface area is 168 Å². The van der Waals surface area contributed by atoms with E-state index in [-0.39, 0.29) is 12.2 Å². The van der Waals surface area contributed by atoms with Crippen LogP contribution in [-0.2, 0) is 0 Å². The number of methoxy groups -OCH3 is 1. The Morgan fingerprint density at radius 3 is 2.90 bits per heavy atom. The van der Waals surface area contributed by atoms with Crippen molar-refractivity contribution in [1.29, 1.82) is 0 Å². The van der Waals surface area contributed by atoms with Gasteiger partial charge in [0.15, 0.2) is 5.65 Å². The highest BCUT2D eigenvalue weighted by Crippen LogP contribution is 2.33. The van der Waals surface area contributed by atoms with Crippen molar-refractivity contribution < 1.29 is 11.2 Å². The number of nitrogens with one attached hydrogen (secondary N) is 1. The van der Waals surface area contributed by atoms with E-state index in [1.165, 1.54) is 10.8 Å². The second-order valence-electron chi connectivity index (χ2n) is 7.79. The summed E-state index contributed by atoms with van der Waals surface area (Å²) in [6, 6.07) is 5.72. The number of rotatable bonds is 4. The predicted octanol–water partition coefficient (Wildman–Crippen LogP) is 2.55. The molecule has 9 nitrogen and oxygen atoms in total. The largest absolute Gasteiger partial charge is 0.479 e. The molecule has 5 rings (SSSR count). The Balaban J connectivity index is 1.53. The van der Waals surface area contributed by atoms with E-state index >= 15 is 0 Å². The van der Waals surface area contributed by atoms with Gasteiger partial charge in [-0.1, -0.05) is 0 Å². The van der Waals surface area contributed by atoms with Crippen molar-refractivity contribution in [3.8, 4) is 17.0 Å². The Morgan fingerprint density at radius 2 is 2.10 bits per heavy atom. The molecule has 0 unspecified atom stereocenters. The topological polar surface area (TPSA) is 102 Å². The quantitative estimate of drug-likeness (QED) is 0.548. The lowest BCUT2D eigenvalue weighted by atomic mass is 9.84. The van der Waals surface area contributed by atoms with E-state index in [9.17, 15) is 5.11 Å². The Morgan fingerprint density at radius 1 is 1.28 bits per heavy atom. The zero-order valence-electron chi connectivity index (χ0n) is 17.3. The third kappa shape index (κ3) is 3.27. The highest BCUT2D eigenvalue weighted by Gasteiger charge is 2.29. The van der Waals surface area contributed by atoms with Gasteiger partial charge in [0.05, 0.1) is 14.1 Å². The van der Waals surface area contributed by atoms with Crippen molar-refractivity contribution in [3.63, 3.8) is 0 Å². The lowest BCUT2D eigenvalue weighted by Crippen LogP contribution is -2.36. The molecule has 2 N–H and O–H groups in total. The molecule has 29 heavy (non-hydrogen) atoms. The molecule has 4 aromatic rings. The number of hydrogen-bond acceptors (Lipinski definition) is 7. The first-order valence-corrected chi connectivity index (χ1v) is 9.66. The van der Waals surface area contributed by atoms with Gasteiger partial charge in [0.1, 0.15) is 11.8 Å². The maximum atomic E-state index is 10.2. The number of nitrogens with zero attached hydrogens (tertiary/aromatic N) is 6. The van der Waals surface area contributed by atoms with Gasteiger partial charge in [0.2, 0.25) is 11.8 Å². The molecule has 0 amide bonds. The number of anilines is 1. The Bertz CT molecular complexity index is 1220. The fourth-order valence-corrected chi connectivity index (χ4v) is 3.89. The fraction of sp³-hybridized carbons (Fsp3) is 0.400. The highest BCUT2D eigenvalue weighted by molar-refractivity contribution is 5.84. The summed E-state index contributed by atoms with van der Waals surface area (Å²) in [5, 5.41) is 22.2. The molecule has 1 aliphatic carbocycles. The van der Waals surface area contributed by atoms with Crippen molar-refractivity contribution >= 4 is 17.1 Å². The van der Waals surface area contributed by atoms with Gasteiger partial charge < -0.3 is 15.2 Å². The van der Waals surface area contributed by atoms with Crippen LogP contribution in [0.3, 0.4) is 0 Å². The molecular formula is C20H23N7O2. The third-order valence-corrected chi connectivity index (χ3v) is 5.58. The van der Waals surface area contributed by atoms with Crippen LogP contribution in [0.4, 0.5) is 5.95 Å². The summed E-state index contributed by atoms with van der Waals surface area (Å²) >= 11 is 0. The van der Waals surface area contributed by atoms with Gasteiger partial charge in [0.25, 0.3) is 0 Å². The summed E-state index contributed by atoms with van der Waals surface area (Å²) in [6.07, 6.45) is 6.71. The van der Waals surface area contributed by atoms with E-state index < -0.39 is 5.60 Å². The average Bonchev–Trinajstić information content (AvgIpc) is 3.33. The Kier molecular flexibility index (Phi) is 3.86. The van der Waals surface area contributed by atoms with Crippen molar-refractivity contribution in [2.75, 3.05) is 12.4 Å². The number of aliphatic hydroxyl groups is 1. The molecule has 0 saturated heterocycles. The number of pyridine rings is 1. The minimum Gasteiger partial charge on any atom is -0.479 e. The first-order valence-electron chi connectivity index (χ1n) is 10.2. The van der Waals surface area contributed by atoms with E-state index in [0.717, 1.165) is 42.5 Å². The predicted molar refractivity (Wildman–Crippen MR) is 108 cm³/mol. The normalized spacial score (nSPS) is 22.7. The standard InChI is InChI=1S/C20H23N7O2/c1-20(28)8-5-14(6-9-20)23-19-24-18(29-2)17-15(7-10-26(17)25-19)13-3-4-16-21-12-22-27(16)11-13/h3-4,7,10-12,14,28H,5-6,8-9H2,1-2H3,(H,23,25)/i10D. The van der Waals surface area contributed by atoms with Crippen LogP contribution in [0, 0.1) is 0 Å². The summed E-state index contributed by atoms with van der Waals surface area (Å²) in [4.78, 5) is 8.72. The second-order valence-corrected chi connectivity index (χ2v) is 7.79. The van der Waals surface area contributed by atoms with Crippen molar-refractivity contribution in [2.45, 2.75) is 44.2 Å². The molecular weight excluding hydrogens is 370 g/mol. The summed E-state index contributed by atoms with van der Waals surface area (Å²) in [7, 11) is 1.56. The maximum absolute atomic E-state index is 10.2. The molecule has 0 aliphatic heterocycles. The van der Waals surface area contributed by atoms with Gasteiger partial charge in [-0.25, -0.2) is 14.0 Å². The van der Waals surface area contributed by atoms with Crippen LogP contribution in [0.2, 0.25) is 0 Å². The summed E-state index contributed by atoms with van der Waals surface area (Å²) in [5.41, 5.74) is 2.42. The average molecular weight is 394 g/mol. The minimum absolute atomic E-state index is 0.173. The zero-order chi connectivity index (χ0) is 20.9. The van der Waals surface area contributed by atoms with Crippen LogP contribution in [-0.4, -0.2) is 53.1 Å². The molecule has 1 fully saturated rings. The maximum Gasteiger partial charge on any atom is 0.244 e. The summed E-state index contributed by atoms with van der Waals surface area (Å²) in [6.45, 7) is 1.87. The van der Waals surface area contributed by atoms with Crippen LogP contribution in [0.25, 0.3) is 22.3 Å². The smallest absolute Gasteiger partial charge is 0.244 e. The van der Waals surface area contributed by atoms with Crippen LogP contribution in [0.1, 0.15) is 34.0 Å². The van der Waals surface area contributed by atoms with Crippen LogP contribution in [0.5, 0.6) is 5.88 Å². The zero-order valence-corrected chi connectivity index (χ0v) is 16.3. The first-order chi connectivity index (χ1) is 14.4. The molecule has 1 aliphatic rings. The van der Waals surface area contributed by atoms with Crippen LogP contribution >= 0.6 is 0 Å². The first kappa shape index (κ1) is 16.7. The van der Waals surface area contributed by atoms with Gasteiger partial charge >= 0.3 is 0 Å². The second kappa shape index (κ2) is 6.70. The molecule has 9 heteroatoms. The van der Waals surface area contributed by atoms with Crippen LogP contribution < -0.4 is 10.1 Å². The van der Waals surface area contributed by atoms with Crippen molar-refractivity contribution in [2.24, 2.45) is 0 Å². The van der Waals surface area contributed by atoms with E-state index in [4.69, 9.17) is 6.11 Å². The van der Waals surface area contributed by atoms with E-state index in [1.54, 1.807) is 17.7 Å². The lowest BCUT2D eigenvalue weighted by molar-refractivity contribution is 0.0195. The van der Waals surface area contributed by atoms with Crippen molar-refractivity contribution in [3.05, 3.63) is 36.9 Å². The number of fused-ring (bicyclic) bond motifs is 2. The molecule has 4 heterocycles. The Hall–Kier alpha value is -3.20. The number of aromatic nitrogens is 6. The van der Waals surface area contributed by atoms with Gasteiger partial charge in [0, 0.05) is 29.5 Å². The molecule has 0 aromatic carbocycles.